The maximum absolute atomic E-state index is 16.9. The summed E-state index contributed by atoms with van der Waals surface area (Å²) >= 11 is 0. The molecule has 1 N–H and O–H groups in total. The van der Waals surface area contributed by atoms with E-state index in [9.17, 15) is 17.6 Å². The summed E-state index contributed by atoms with van der Waals surface area (Å²) < 4.78 is 98.8. The van der Waals surface area contributed by atoms with Gasteiger partial charge in [0.1, 0.15) is 29.9 Å². The molecular formula is C32H33F6N7O. The Morgan fingerprint density at radius 3 is 2.57 bits per heavy atom. The number of halogens is 6. The molecule has 0 spiro atoms. The van der Waals surface area contributed by atoms with Crippen LogP contribution in [0.5, 0.6) is 6.01 Å². The minimum Gasteiger partial charge on any atom is -0.461 e. The van der Waals surface area contributed by atoms with Gasteiger partial charge >= 0.3 is 12.2 Å². The molecule has 0 unspecified atom stereocenters. The number of benzene rings is 2. The first-order valence-corrected chi connectivity index (χ1v) is 15.7. The van der Waals surface area contributed by atoms with Crippen molar-refractivity contribution in [3.8, 4) is 17.1 Å². The SMILES string of the molecule is Cc1cc2cnn(C)c2c(-c2c(F)cc3c(N4C[C@H]5CC[C@@H](C4)N5)nc(OC[C@@]45CCCN4C[C@H](F)C5)nc3c2F)c1C(F)(F)F. The van der Waals surface area contributed by atoms with Crippen LogP contribution in [-0.4, -0.2) is 81.2 Å². The highest BCUT2D eigenvalue weighted by atomic mass is 19.4. The zero-order valence-electron chi connectivity index (χ0n) is 25.4. The molecule has 2 aromatic heterocycles. The highest BCUT2D eigenvalue weighted by Crippen LogP contribution is 2.47. The molecule has 4 aliphatic heterocycles. The Balaban J connectivity index is 1.33. The van der Waals surface area contributed by atoms with Crippen LogP contribution in [0.4, 0.5) is 32.2 Å². The number of anilines is 1. The van der Waals surface area contributed by atoms with Gasteiger partial charge in [-0.3, -0.25) is 9.58 Å². The zero-order valence-corrected chi connectivity index (χ0v) is 25.4. The lowest BCUT2D eigenvalue weighted by molar-refractivity contribution is -0.137. The second-order valence-electron chi connectivity index (χ2n) is 13.3. The lowest BCUT2D eigenvalue weighted by Crippen LogP contribution is -2.51. The number of nitrogens with one attached hydrogen (secondary N) is 1. The predicted molar refractivity (Wildman–Crippen MR) is 160 cm³/mol. The lowest BCUT2D eigenvalue weighted by atomic mass is 9.91. The Morgan fingerprint density at radius 1 is 1.07 bits per heavy atom. The number of piperazine rings is 1. The first-order valence-electron chi connectivity index (χ1n) is 15.7. The number of nitrogens with zero attached hydrogens (tertiary/aromatic N) is 6. The summed E-state index contributed by atoms with van der Waals surface area (Å²) in [5.74, 6) is -2.16. The molecule has 4 aliphatic rings. The predicted octanol–water partition coefficient (Wildman–Crippen LogP) is 5.68. The van der Waals surface area contributed by atoms with Crippen molar-refractivity contribution in [3.05, 3.63) is 41.1 Å². The molecule has 2 bridgehead atoms. The Kier molecular flexibility index (Phi) is 6.74. The van der Waals surface area contributed by atoms with Gasteiger partial charge in [0, 0.05) is 61.5 Å². The highest BCUT2D eigenvalue weighted by Gasteiger charge is 2.49. The number of rotatable bonds is 5. The minimum absolute atomic E-state index is 0.0419. The van der Waals surface area contributed by atoms with Gasteiger partial charge in [0.2, 0.25) is 0 Å². The summed E-state index contributed by atoms with van der Waals surface area (Å²) in [6, 6.07) is 2.48. The third kappa shape index (κ3) is 4.62. The third-order valence-electron chi connectivity index (χ3n) is 10.3. The number of aromatic nitrogens is 4. The molecule has 4 atom stereocenters. The molecular weight excluding hydrogens is 612 g/mol. The van der Waals surface area contributed by atoms with Crippen molar-refractivity contribution in [1.82, 2.24) is 30.0 Å². The molecule has 0 saturated carbocycles. The van der Waals surface area contributed by atoms with E-state index in [2.05, 4.69) is 25.3 Å². The smallest absolute Gasteiger partial charge is 0.417 e. The summed E-state index contributed by atoms with van der Waals surface area (Å²) in [6.07, 6.45) is -0.740. The molecule has 6 heterocycles. The van der Waals surface area contributed by atoms with Gasteiger partial charge < -0.3 is 15.0 Å². The van der Waals surface area contributed by atoms with Crippen LogP contribution in [0.25, 0.3) is 32.9 Å². The Hall–Kier alpha value is -3.65. The van der Waals surface area contributed by atoms with E-state index < -0.39 is 46.2 Å². The number of alkyl halides is 4. The van der Waals surface area contributed by atoms with Gasteiger partial charge in [-0.05, 0) is 56.8 Å². The molecule has 4 aromatic rings. The molecule has 14 heteroatoms. The van der Waals surface area contributed by atoms with E-state index in [0.717, 1.165) is 38.3 Å². The largest absolute Gasteiger partial charge is 0.461 e. The Labute approximate surface area is 260 Å². The highest BCUT2D eigenvalue weighted by molar-refractivity contribution is 6.01. The molecule has 8 nitrogen and oxygen atoms in total. The first-order chi connectivity index (χ1) is 21.9. The molecule has 244 valence electrons. The number of fused-ring (bicyclic) bond motifs is 5. The van der Waals surface area contributed by atoms with Crippen LogP contribution >= 0.6 is 0 Å². The Morgan fingerprint density at radius 2 is 1.83 bits per heavy atom. The average Bonchev–Trinajstić information content (AvgIpc) is 3.73. The minimum atomic E-state index is -4.92. The van der Waals surface area contributed by atoms with Crippen molar-refractivity contribution in [2.75, 3.05) is 37.7 Å². The summed E-state index contributed by atoms with van der Waals surface area (Å²) in [4.78, 5) is 13.0. The second kappa shape index (κ2) is 10.4. The number of hydrogen-bond acceptors (Lipinski definition) is 7. The molecule has 4 saturated heterocycles. The fourth-order valence-corrected chi connectivity index (χ4v) is 8.41. The number of aryl methyl sites for hydroxylation is 2. The van der Waals surface area contributed by atoms with Crippen LogP contribution in [0.2, 0.25) is 0 Å². The fourth-order valence-electron chi connectivity index (χ4n) is 8.41. The van der Waals surface area contributed by atoms with E-state index in [1.165, 1.54) is 30.9 Å². The van der Waals surface area contributed by atoms with Crippen molar-refractivity contribution in [2.45, 2.75) is 69.0 Å². The molecule has 46 heavy (non-hydrogen) atoms. The number of ether oxygens (including phenoxy) is 1. The lowest BCUT2D eigenvalue weighted by Gasteiger charge is -2.34. The zero-order chi connectivity index (χ0) is 32.1. The van der Waals surface area contributed by atoms with Crippen LogP contribution in [-0.2, 0) is 13.2 Å². The van der Waals surface area contributed by atoms with Crippen molar-refractivity contribution in [3.63, 3.8) is 0 Å². The van der Waals surface area contributed by atoms with Crippen LogP contribution in [0.1, 0.15) is 43.2 Å². The fraction of sp³-hybridized carbons (Fsp3) is 0.531. The summed E-state index contributed by atoms with van der Waals surface area (Å²) in [5, 5.41) is 7.96. The van der Waals surface area contributed by atoms with Crippen LogP contribution < -0.4 is 15.0 Å². The average molecular weight is 646 g/mol. The number of hydrogen-bond donors (Lipinski definition) is 1. The first kappa shape index (κ1) is 29.7. The van der Waals surface area contributed by atoms with E-state index in [1.54, 1.807) is 0 Å². The maximum Gasteiger partial charge on any atom is 0.417 e. The van der Waals surface area contributed by atoms with Crippen molar-refractivity contribution in [1.29, 1.82) is 0 Å². The van der Waals surface area contributed by atoms with E-state index in [-0.39, 0.29) is 52.5 Å². The van der Waals surface area contributed by atoms with Gasteiger partial charge in [0.25, 0.3) is 0 Å². The van der Waals surface area contributed by atoms with Gasteiger partial charge in [0.05, 0.1) is 28.4 Å². The molecule has 0 amide bonds. The van der Waals surface area contributed by atoms with E-state index in [0.29, 0.717) is 31.4 Å². The van der Waals surface area contributed by atoms with Gasteiger partial charge in [0.15, 0.2) is 5.82 Å². The van der Waals surface area contributed by atoms with Crippen LogP contribution in [0.15, 0.2) is 18.3 Å². The quantitative estimate of drug-likeness (QED) is 0.280. The van der Waals surface area contributed by atoms with Gasteiger partial charge in [-0.1, -0.05) is 0 Å². The maximum atomic E-state index is 16.9. The monoisotopic (exact) mass is 645 g/mol. The van der Waals surface area contributed by atoms with E-state index >= 15 is 8.78 Å². The molecule has 0 aliphatic carbocycles. The third-order valence-corrected chi connectivity index (χ3v) is 10.3. The van der Waals surface area contributed by atoms with E-state index in [4.69, 9.17) is 4.74 Å². The standard InChI is InChI=1S/C32H33F6N7O/c1-16-8-17-11-39-43(2)28(17)24(25(16)32(36,37)38)23-22(34)9-21-27(26(23)35)41-30(42-29(21)44-13-19-4-5-20(14-44)40-19)46-15-31-6-3-7-45(31)12-18(33)10-31/h8-9,11,18-20,40H,3-7,10,12-15H2,1-2H3/t18-,19-,20+,31+/m1/s1. The molecule has 8 rings (SSSR count). The van der Waals surface area contributed by atoms with Crippen molar-refractivity contribution in [2.24, 2.45) is 7.05 Å². The Bertz CT molecular complexity index is 1870. The summed E-state index contributed by atoms with van der Waals surface area (Å²) in [5.41, 5.74) is -3.74. The molecule has 2 aromatic carbocycles. The van der Waals surface area contributed by atoms with Crippen molar-refractivity contribution < 1.29 is 31.1 Å². The van der Waals surface area contributed by atoms with Gasteiger partial charge in [-0.25, -0.2) is 13.2 Å². The van der Waals surface area contributed by atoms with Crippen LogP contribution in [0, 0.1) is 18.6 Å². The van der Waals surface area contributed by atoms with Crippen molar-refractivity contribution >= 4 is 27.6 Å². The molecule has 0 radical (unpaired) electrons. The van der Waals surface area contributed by atoms with Crippen LogP contribution in [0.3, 0.4) is 0 Å². The molecule has 4 fully saturated rings. The van der Waals surface area contributed by atoms with Gasteiger partial charge in [-0.2, -0.15) is 28.2 Å². The normalized spacial score (nSPS) is 26.5. The van der Waals surface area contributed by atoms with E-state index in [1.807, 2.05) is 4.90 Å². The second-order valence-corrected chi connectivity index (χ2v) is 13.3. The summed E-state index contributed by atoms with van der Waals surface area (Å²) in [7, 11) is 1.43. The summed E-state index contributed by atoms with van der Waals surface area (Å²) in [6.45, 7) is 3.45. The van der Waals surface area contributed by atoms with Gasteiger partial charge in [-0.15, -0.1) is 0 Å². The topological polar surface area (TPSA) is 71.3 Å².